The smallest absolute Gasteiger partial charge is 0.405 e. The summed E-state index contributed by atoms with van der Waals surface area (Å²) in [7, 11) is 0. The Bertz CT molecular complexity index is 2450. The van der Waals surface area contributed by atoms with Crippen LogP contribution in [0.25, 0.3) is 0 Å². The van der Waals surface area contributed by atoms with Crippen LogP contribution in [0.1, 0.15) is 64.4 Å². The maximum atomic E-state index is 14.8. The molecular weight excluding hydrogens is 787 g/mol. The molecule has 10 nitrogen and oxygen atoms in total. The van der Waals surface area contributed by atoms with E-state index >= 15 is 0 Å². The molecule has 2 atom stereocenters. The Morgan fingerprint density at radius 1 is 0.698 bits per heavy atom. The summed E-state index contributed by atoms with van der Waals surface area (Å²) in [6.45, 7) is 0.165. The molecule has 0 bridgehead atoms. The number of carbonyl (C=O) groups is 3. The average molecular weight is 838 g/mol. The van der Waals surface area contributed by atoms with Crippen molar-refractivity contribution >= 4 is 17.9 Å². The van der Waals surface area contributed by atoms with Crippen LogP contribution in [-0.4, -0.2) is 50.1 Å². The summed E-state index contributed by atoms with van der Waals surface area (Å²) in [4.78, 5) is 47.6. The van der Waals surface area contributed by atoms with Gasteiger partial charge >= 0.3 is 6.09 Å². The monoisotopic (exact) mass is 837 g/mol. The van der Waals surface area contributed by atoms with Gasteiger partial charge < -0.3 is 29.9 Å². The largest absolute Gasteiger partial charge is 0.489 e. The molecule has 1 heterocycles. The maximum Gasteiger partial charge on any atom is 0.405 e. The highest BCUT2D eigenvalue weighted by atomic mass is 16.5. The highest BCUT2D eigenvalue weighted by Gasteiger charge is 2.39. The lowest BCUT2D eigenvalue weighted by Gasteiger charge is -2.37. The number of imidazole rings is 1. The molecule has 0 aliphatic heterocycles. The number of rotatable bonds is 18. The zero-order chi connectivity index (χ0) is 43.4. The van der Waals surface area contributed by atoms with Gasteiger partial charge in [-0.05, 0) is 64.3 Å². The van der Waals surface area contributed by atoms with Crippen molar-refractivity contribution in [2.45, 2.75) is 56.5 Å². The molecule has 1 aromatic heterocycles. The van der Waals surface area contributed by atoms with E-state index in [1.54, 1.807) is 6.33 Å². The second-order valence-electron chi connectivity index (χ2n) is 16.0. The fourth-order valence-corrected chi connectivity index (χ4v) is 8.58. The molecule has 0 spiro atoms. The first-order valence-corrected chi connectivity index (χ1v) is 21.4. The molecule has 8 rings (SSSR count). The number of nitrogens with one attached hydrogen (secondary N) is 2. The molecule has 7 aromatic rings. The van der Waals surface area contributed by atoms with Crippen molar-refractivity contribution in [1.29, 1.82) is 0 Å². The Hall–Kier alpha value is -7.46. The molecule has 63 heavy (non-hydrogen) atoms. The second kappa shape index (κ2) is 19.9. The molecule has 318 valence electrons. The van der Waals surface area contributed by atoms with E-state index in [1.807, 2.05) is 150 Å². The SMILES string of the molecule is O=C(O)NC(Cc1cn(C(c2ccccc2)(c2ccccc2)c2ccccc2)cn1)C(=O)N(CC(=O)NC(c1ccccc1)C1CCC1)Cc1ccc(OCc2ccccc2)cc1. The van der Waals surface area contributed by atoms with Crippen molar-refractivity contribution in [3.05, 3.63) is 228 Å². The van der Waals surface area contributed by atoms with Crippen LogP contribution in [0.3, 0.4) is 0 Å². The number of carbonyl (C=O) groups excluding carboxylic acids is 2. The first-order valence-electron chi connectivity index (χ1n) is 21.4. The third-order valence-electron chi connectivity index (χ3n) is 11.9. The van der Waals surface area contributed by atoms with Crippen LogP contribution in [0, 0.1) is 5.92 Å². The van der Waals surface area contributed by atoms with Gasteiger partial charge in [0, 0.05) is 19.2 Å². The van der Waals surface area contributed by atoms with Crippen molar-refractivity contribution < 1.29 is 24.2 Å². The Balaban J connectivity index is 1.10. The molecule has 3 amide bonds. The third-order valence-corrected chi connectivity index (χ3v) is 11.9. The topological polar surface area (TPSA) is 126 Å². The van der Waals surface area contributed by atoms with Crippen LogP contribution in [0.4, 0.5) is 4.79 Å². The van der Waals surface area contributed by atoms with Crippen LogP contribution in [0.5, 0.6) is 5.75 Å². The number of nitrogens with zero attached hydrogens (tertiary/aromatic N) is 3. The highest BCUT2D eigenvalue weighted by Crippen LogP contribution is 2.41. The van der Waals surface area contributed by atoms with E-state index in [1.165, 1.54) is 4.90 Å². The molecule has 6 aromatic carbocycles. The fourth-order valence-electron chi connectivity index (χ4n) is 8.58. The van der Waals surface area contributed by atoms with Crippen LogP contribution in [0.15, 0.2) is 188 Å². The normalized spacial score (nSPS) is 13.5. The average Bonchev–Trinajstić information content (AvgIpc) is 3.77. The molecular formula is C53H51N5O5. The Morgan fingerprint density at radius 2 is 1.24 bits per heavy atom. The molecule has 10 heteroatoms. The van der Waals surface area contributed by atoms with Crippen LogP contribution >= 0.6 is 0 Å². The molecule has 0 saturated heterocycles. The summed E-state index contributed by atoms with van der Waals surface area (Å²) in [6.07, 6.45) is 5.29. The van der Waals surface area contributed by atoms with E-state index in [4.69, 9.17) is 9.72 Å². The van der Waals surface area contributed by atoms with E-state index in [-0.39, 0.29) is 37.4 Å². The number of hydrogen-bond acceptors (Lipinski definition) is 5. The Labute approximate surface area is 368 Å². The molecule has 0 radical (unpaired) electrons. The van der Waals surface area contributed by atoms with Crippen molar-refractivity contribution in [2.24, 2.45) is 5.92 Å². The lowest BCUT2D eigenvalue weighted by molar-refractivity contribution is -0.138. The third kappa shape index (κ3) is 10.0. The van der Waals surface area contributed by atoms with Crippen LogP contribution < -0.4 is 15.4 Å². The predicted octanol–water partition coefficient (Wildman–Crippen LogP) is 9.17. The quantitative estimate of drug-likeness (QED) is 0.0741. The summed E-state index contributed by atoms with van der Waals surface area (Å²) in [5, 5.41) is 15.9. The van der Waals surface area contributed by atoms with Gasteiger partial charge in [0.2, 0.25) is 11.8 Å². The van der Waals surface area contributed by atoms with Crippen molar-refractivity contribution in [3.63, 3.8) is 0 Å². The highest BCUT2D eigenvalue weighted by molar-refractivity contribution is 5.89. The molecule has 1 saturated carbocycles. The number of hydrogen-bond donors (Lipinski definition) is 3. The summed E-state index contributed by atoms with van der Waals surface area (Å²) < 4.78 is 8.05. The lowest BCUT2D eigenvalue weighted by Crippen LogP contribution is -2.52. The number of ether oxygens (including phenoxy) is 1. The predicted molar refractivity (Wildman–Crippen MR) is 243 cm³/mol. The zero-order valence-electron chi connectivity index (χ0n) is 35.0. The summed E-state index contributed by atoms with van der Waals surface area (Å²) in [5.74, 6) is 0.0637. The van der Waals surface area contributed by atoms with Gasteiger partial charge in [-0.1, -0.05) is 170 Å². The summed E-state index contributed by atoms with van der Waals surface area (Å²) in [5.41, 5.74) is 5.41. The standard InChI is InChI=1S/C53H51N5O5/c59-49(56-50(42-21-16-22-42)41-19-8-2-9-20-41)36-57(34-39-29-31-47(32-30-39)63-37-40-17-6-1-7-18-40)51(60)48(55-52(61)62)33-46-35-58(38-54-46)53(43-23-10-3-11-24-43,44-25-12-4-13-26-44)45-27-14-5-15-28-45/h1-15,17-20,23-32,35,38,42,48,50,55H,16,21-22,33-34,36-37H2,(H,56,59)(H,61,62). The minimum atomic E-state index is -1.36. The van der Waals surface area contributed by atoms with E-state index in [9.17, 15) is 19.5 Å². The number of carboxylic acid groups (broad SMARTS) is 1. The summed E-state index contributed by atoms with van der Waals surface area (Å²) >= 11 is 0. The molecule has 1 aliphatic rings. The van der Waals surface area contributed by atoms with Crippen LogP contribution in [-0.2, 0) is 34.7 Å². The van der Waals surface area contributed by atoms with Gasteiger partial charge in [-0.25, -0.2) is 9.78 Å². The Kier molecular flexibility index (Phi) is 13.4. The van der Waals surface area contributed by atoms with Gasteiger partial charge in [0.25, 0.3) is 0 Å². The number of amides is 3. The minimum Gasteiger partial charge on any atom is -0.489 e. The molecule has 1 fully saturated rings. The number of benzene rings is 6. The Morgan fingerprint density at radius 3 is 1.76 bits per heavy atom. The lowest BCUT2D eigenvalue weighted by atomic mass is 9.77. The van der Waals surface area contributed by atoms with Gasteiger partial charge in [0.05, 0.1) is 24.6 Å². The summed E-state index contributed by atoms with van der Waals surface area (Å²) in [6, 6.07) is 56.1. The van der Waals surface area contributed by atoms with E-state index < -0.39 is 23.6 Å². The van der Waals surface area contributed by atoms with Gasteiger partial charge in [-0.3, -0.25) is 9.59 Å². The second-order valence-corrected chi connectivity index (χ2v) is 16.0. The van der Waals surface area contributed by atoms with Gasteiger partial charge in [-0.2, -0.15) is 0 Å². The molecule has 1 aliphatic carbocycles. The zero-order valence-corrected chi connectivity index (χ0v) is 35.0. The van der Waals surface area contributed by atoms with Crippen LogP contribution in [0.2, 0.25) is 0 Å². The first-order chi connectivity index (χ1) is 30.9. The van der Waals surface area contributed by atoms with E-state index in [0.717, 1.165) is 52.6 Å². The van der Waals surface area contributed by atoms with Crippen molar-refractivity contribution in [3.8, 4) is 5.75 Å². The molecule has 3 N–H and O–H groups in total. The van der Waals surface area contributed by atoms with Gasteiger partial charge in [-0.15, -0.1) is 0 Å². The van der Waals surface area contributed by atoms with E-state index in [2.05, 4.69) is 47.0 Å². The first kappa shape index (κ1) is 42.2. The molecule has 2 unspecified atom stereocenters. The maximum absolute atomic E-state index is 14.8. The van der Waals surface area contributed by atoms with Gasteiger partial charge in [0.1, 0.15) is 23.9 Å². The van der Waals surface area contributed by atoms with Crippen molar-refractivity contribution in [2.75, 3.05) is 6.54 Å². The van der Waals surface area contributed by atoms with Crippen molar-refractivity contribution in [1.82, 2.24) is 25.1 Å². The number of aromatic nitrogens is 2. The van der Waals surface area contributed by atoms with E-state index in [0.29, 0.717) is 18.1 Å². The fraction of sp³-hybridized carbons (Fsp3) is 0.208. The minimum absolute atomic E-state index is 0.0516. The van der Waals surface area contributed by atoms with Gasteiger partial charge in [0.15, 0.2) is 0 Å².